The molecular weight excluding hydrogens is 480 g/mol. The highest BCUT2D eigenvalue weighted by molar-refractivity contribution is 5.86. The van der Waals surface area contributed by atoms with E-state index in [1.54, 1.807) is 4.90 Å². The molecule has 1 heterocycles. The number of amides is 3. The number of aliphatic hydroxyl groups excluding tert-OH is 1. The van der Waals surface area contributed by atoms with Crippen molar-refractivity contribution in [1.29, 1.82) is 0 Å². The second-order valence-electron chi connectivity index (χ2n) is 9.26. The lowest BCUT2D eigenvalue weighted by Crippen LogP contribution is -2.57. The first-order chi connectivity index (χ1) is 16.9. The lowest BCUT2D eigenvalue weighted by molar-refractivity contribution is -0.147. The molecule has 1 aliphatic heterocycles. The van der Waals surface area contributed by atoms with Crippen LogP contribution in [0.15, 0.2) is 42.5 Å². The summed E-state index contributed by atoms with van der Waals surface area (Å²) in [6.45, 7) is 4.91. The van der Waals surface area contributed by atoms with Crippen LogP contribution in [0.4, 0.5) is 0 Å². The maximum absolute atomic E-state index is 13.3. The van der Waals surface area contributed by atoms with Gasteiger partial charge >= 0.3 is 0 Å². The molecule has 4 N–H and O–H groups in total. The number of hydrogen-bond acceptors (Lipinski definition) is 5. The SMILES string of the molecule is CCC(CC)C(=O)N1C[C@H](O)CC1N(C=O)[C@H](Cc1ccc2ccccc2c1)C(=O)NCCCN.Cl. The van der Waals surface area contributed by atoms with E-state index in [4.69, 9.17) is 5.73 Å². The van der Waals surface area contributed by atoms with Gasteiger partial charge in [0.05, 0.1) is 6.10 Å². The van der Waals surface area contributed by atoms with E-state index in [1.807, 2.05) is 56.3 Å². The molecule has 3 rings (SSSR count). The van der Waals surface area contributed by atoms with E-state index in [9.17, 15) is 19.5 Å². The molecule has 0 aromatic heterocycles. The molecule has 0 radical (unpaired) electrons. The number of carbonyl (C=O) groups is 3. The van der Waals surface area contributed by atoms with Crippen LogP contribution in [0.1, 0.15) is 45.1 Å². The van der Waals surface area contributed by atoms with Gasteiger partial charge < -0.3 is 26.0 Å². The highest BCUT2D eigenvalue weighted by Gasteiger charge is 2.43. The van der Waals surface area contributed by atoms with E-state index < -0.39 is 18.3 Å². The summed E-state index contributed by atoms with van der Waals surface area (Å²) in [4.78, 5) is 42.0. The minimum atomic E-state index is -0.835. The molecule has 0 bridgehead atoms. The molecule has 36 heavy (non-hydrogen) atoms. The van der Waals surface area contributed by atoms with Gasteiger partial charge in [-0.2, -0.15) is 0 Å². The molecule has 9 heteroatoms. The van der Waals surface area contributed by atoms with Crippen molar-refractivity contribution in [2.24, 2.45) is 11.7 Å². The summed E-state index contributed by atoms with van der Waals surface area (Å²) in [6.07, 6.45) is 1.70. The Kier molecular flexibility index (Phi) is 11.6. The number of nitrogens with zero attached hydrogens (tertiary/aromatic N) is 2. The predicted octanol–water partition coefficient (Wildman–Crippen LogP) is 2.45. The summed E-state index contributed by atoms with van der Waals surface area (Å²) in [5.74, 6) is -0.569. The fourth-order valence-corrected chi connectivity index (χ4v) is 4.89. The average molecular weight is 519 g/mol. The van der Waals surface area contributed by atoms with Gasteiger partial charge in [-0.05, 0) is 42.1 Å². The molecular formula is C27H39ClN4O4. The topological polar surface area (TPSA) is 116 Å². The Balaban J connectivity index is 0.00000456. The molecule has 3 atom stereocenters. The minimum Gasteiger partial charge on any atom is -0.391 e. The molecule has 198 valence electrons. The normalized spacial score (nSPS) is 18.1. The summed E-state index contributed by atoms with van der Waals surface area (Å²) in [5.41, 5.74) is 6.49. The van der Waals surface area contributed by atoms with Crippen LogP contribution in [0.25, 0.3) is 10.8 Å². The lowest BCUT2D eigenvalue weighted by atomic mass is 9.99. The average Bonchev–Trinajstić information content (AvgIpc) is 3.25. The van der Waals surface area contributed by atoms with Gasteiger partial charge in [-0.1, -0.05) is 56.3 Å². The zero-order valence-corrected chi connectivity index (χ0v) is 22.0. The van der Waals surface area contributed by atoms with Crippen LogP contribution in [0.5, 0.6) is 0 Å². The van der Waals surface area contributed by atoms with E-state index in [2.05, 4.69) is 5.32 Å². The summed E-state index contributed by atoms with van der Waals surface area (Å²) in [5, 5.41) is 15.5. The molecule has 8 nitrogen and oxygen atoms in total. The molecule has 2 aromatic carbocycles. The Morgan fingerprint density at radius 1 is 1.19 bits per heavy atom. The van der Waals surface area contributed by atoms with Gasteiger partial charge in [-0.3, -0.25) is 14.4 Å². The van der Waals surface area contributed by atoms with Crippen molar-refractivity contribution in [3.05, 3.63) is 48.0 Å². The third-order valence-corrected chi connectivity index (χ3v) is 6.92. The van der Waals surface area contributed by atoms with Crippen molar-refractivity contribution in [2.45, 2.75) is 64.3 Å². The monoisotopic (exact) mass is 518 g/mol. The van der Waals surface area contributed by atoms with Crippen LogP contribution in [-0.4, -0.2) is 71.1 Å². The molecule has 1 unspecified atom stereocenters. The highest BCUT2D eigenvalue weighted by Crippen LogP contribution is 2.27. The highest BCUT2D eigenvalue weighted by atomic mass is 35.5. The number of β-amino-alcohol motifs (C(OH)–C–C–N with tert-alkyl or cyclic N) is 1. The van der Waals surface area contributed by atoms with Crippen LogP contribution in [-0.2, 0) is 20.8 Å². The molecule has 1 saturated heterocycles. The maximum Gasteiger partial charge on any atom is 0.243 e. The van der Waals surface area contributed by atoms with E-state index >= 15 is 0 Å². The first-order valence-corrected chi connectivity index (χ1v) is 12.6. The summed E-state index contributed by atoms with van der Waals surface area (Å²) < 4.78 is 0. The van der Waals surface area contributed by atoms with Crippen molar-refractivity contribution >= 4 is 41.4 Å². The summed E-state index contributed by atoms with van der Waals surface area (Å²) >= 11 is 0. The van der Waals surface area contributed by atoms with E-state index in [0.717, 1.165) is 16.3 Å². The zero-order chi connectivity index (χ0) is 25.4. The first-order valence-electron chi connectivity index (χ1n) is 12.6. The number of nitrogens with two attached hydrogens (primary N) is 1. The Hall–Kier alpha value is -2.68. The van der Waals surface area contributed by atoms with Crippen LogP contribution in [0.3, 0.4) is 0 Å². The number of benzene rings is 2. The van der Waals surface area contributed by atoms with Crippen molar-refractivity contribution < 1.29 is 19.5 Å². The number of likely N-dealkylation sites (tertiary alicyclic amines) is 1. The second kappa shape index (κ2) is 14.2. The number of fused-ring (bicyclic) bond motifs is 1. The fraction of sp³-hybridized carbons (Fsp3) is 0.519. The summed E-state index contributed by atoms with van der Waals surface area (Å²) in [7, 11) is 0. The lowest BCUT2D eigenvalue weighted by Gasteiger charge is -2.38. The van der Waals surface area contributed by atoms with Crippen LogP contribution < -0.4 is 11.1 Å². The number of aliphatic hydroxyl groups is 1. The van der Waals surface area contributed by atoms with Gasteiger partial charge in [0, 0.05) is 31.8 Å². The van der Waals surface area contributed by atoms with Gasteiger partial charge in [-0.15, -0.1) is 12.4 Å². The Labute approximate surface area is 219 Å². The third kappa shape index (κ3) is 6.96. The van der Waals surface area contributed by atoms with Crippen LogP contribution in [0, 0.1) is 5.92 Å². The molecule has 0 saturated carbocycles. The first kappa shape index (κ1) is 29.5. The number of rotatable bonds is 12. The second-order valence-corrected chi connectivity index (χ2v) is 9.26. The van der Waals surface area contributed by atoms with Crippen LogP contribution >= 0.6 is 12.4 Å². The minimum absolute atomic E-state index is 0. The van der Waals surface area contributed by atoms with Crippen molar-refractivity contribution in [1.82, 2.24) is 15.1 Å². The smallest absolute Gasteiger partial charge is 0.243 e. The van der Waals surface area contributed by atoms with Gasteiger partial charge in [0.2, 0.25) is 18.2 Å². The molecule has 2 aromatic rings. The fourth-order valence-electron chi connectivity index (χ4n) is 4.89. The maximum atomic E-state index is 13.3. The predicted molar refractivity (Wildman–Crippen MR) is 143 cm³/mol. The zero-order valence-electron chi connectivity index (χ0n) is 21.1. The third-order valence-electron chi connectivity index (χ3n) is 6.92. The number of hydrogen-bond donors (Lipinski definition) is 3. The quantitative estimate of drug-likeness (QED) is 0.295. The summed E-state index contributed by atoms with van der Waals surface area (Å²) in [6, 6.07) is 13.1. The number of halogens is 1. The van der Waals surface area contributed by atoms with E-state index in [-0.39, 0.29) is 49.5 Å². The van der Waals surface area contributed by atoms with Crippen molar-refractivity contribution in [2.75, 3.05) is 19.6 Å². The van der Waals surface area contributed by atoms with E-state index in [0.29, 0.717) is 38.8 Å². The molecule has 0 spiro atoms. The molecule has 3 amide bonds. The largest absolute Gasteiger partial charge is 0.391 e. The van der Waals surface area contributed by atoms with Gasteiger partial charge in [0.25, 0.3) is 0 Å². The van der Waals surface area contributed by atoms with Crippen molar-refractivity contribution in [3.8, 4) is 0 Å². The number of carbonyl (C=O) groups excluding carboxylic acids is 3. The molecule has 0 aliphatic carbocycles. The number of nitrogens with one attached hydrogen (secondary N) is 1. The Morgan fingerprint density at radius 3 is 2.53 bits per heavy atom. The Morgan fingerprint density at radius 2 is 1.89 bits per heavy atom. The van der Waals surface area contributed by atoms with Gasteiger partial charge in [-0.25, -0.2) is 0 Å². The molecule has 1 aliphatic rings. The van der Waals surface area contributed by atoms with Crippen LogP contribution in [0.2, 0.25) is 0 Å². The van der Waals surface area contributed by atoms with E-state index in [1.165, 1.54) is 4.90 Å². The Bertz CT molecular complexity index is 1020. The van der Waals surface area contributed by atoms with Gasteiger partial charge in [0.1, 0.15) is 12.2 Å². The van der Waals surface area contributed by atoms with Crippen molar-refractivity contribution in [3.63, 3.8) is 0 Å². The van der Waals surface area contributed by atoms with Gasteiger partial charge in [0.15, 0.2) is 0 Å². The standard InChI is InChI=1S/C27H38N4O4.ClH/c1-3-20(4-2)27(35)30-17-23(33)16-25(30)31(18-32)24(26(34)29-13-7-12-28)15-19-10-11-21-8-5-6-9-22(21)14-19;/h5-6,8-11,14,18,20,23-25,33H,3-4,7,12-13,15-17,28H2,1-2H3,(H,29,34);1H/t23-,24-,25?;/m1./s1. The molecule has 1 fully saturated rings.